The molecule has 1 rings (SSSR count). The van der Waals surface area contributed by atoms with Crippen LogP contribution < -0.4 is 5.32 Å². The summed E-state index contributed by atoms with van der Waals surface area (Å²) in [5.74, 6) is -0.0102. The number of hydrogen-bond acceptors (Lipinski definition) is 2. The number of H-pyrrole nitrogens is 1. The van der Waals surface area contributed by atoms with Crippen LogP contribution in [0.1, 0.15) is 12.6 Å². The third-order valence-corrected chi connectivity index (χ3v) is 2.40. The lowest BCUT2D eigenvalue weighted by atomic mass is 10.2. The average Bonchev–Trinajstić information content (AvgIpc) is 2.55. The van der Waals surface area contributed by atoms with Crippen LogP contribution in [0, 0.1) is 0 Å². The summed E-state index contributed by atoms with van der Waals surface area (Å²) < 4.78 is 0. The first-order chi connectivity index (χ1) is 6.22. The Morgan fingerprint density at radius 1 is 1.85 bits per heavy atom. The van der Waals surface area contributed by atoms with Crippen LogP contribution >= 0.6 is 15.9 Å². The maximum absolute atomic E-state index is 10.8. The number of halogens is 1. The molecule has 0 aliphatic rings. The highest BCUT2D eigenvalue weighted by molar-refractivity contribution is 9.09. The van der Waals surface area contributed by atoms with Crippen LogP contribution in [-0.4, -0.2) is 27.2 Å². The lowest BCUT2D eigenvalue weighted by Crippen LogP contribution is -2.36. The fourth-order valence-corrected chi connectivity index (χ4v) is 1.48. The zero-order chi connectivity index (χ0) is 9.68. The Hall–Kier alpha value is -0.840. The molecular formula is C8H12BrN3O. The topological polar surface area (TPSA) is 57.8 Å². The van der Waals surface area contributed by atoms with Gasteiger partial charge in [-0.05, 0) is 0 Å². The smallest absolute Gasteiger partial charge is 0.217 e. The van der Waals surface area contributed by atoms with Crippen molar-refractivity contribution in [1.82, 2.24) is 15.3 Å². The number of imidazole rings is 1. The van der Waals surface area contributed by atoms with Gasteiger partial charge >= 0.3 is 0 Å². The molecule has 0 bridgehead atoms. The SMILES string of the molecule is CC(=O)NC(CBr)Cc1cnc[nH]1. The van der Waals surface area contributed by atoms with Gasteiger partial charge in [0.25, 0.3) is 0 Å². The Balaban J connectivity index is 2.45. The number of carbonyl (C=O) groups excluding carboxylic acids is 1. The summed E-state index contributed by atoms with van der Waals surface area (Å²) in [4.78, 5) is 17.7. The molecule has 2 N–H and O–H groups in total. The van der Waals surface area contributed by atoms with Crippen molar-refractivity contribution in [3.05, 3.63) is 18.2 Å². The molecule has 1 unspecified atom stereocenters. The molecule has 1 heterocycles. The average molecular weight is 246 g/mol. The van der Waals surface area contributed by atoms with Crippen molar-refractivity contribution in [2.24, 2.45) is 0 Å². The first-order valence-corrected chi connectivity index (χ1v) is 5.15. The van der Waals surface area contributed by atoms with Crippen LogP contribution in [0.2, 0.25) is 0 Å². The van der Waals surface area contributed by atoms with E-state index in [2.05, 4.69) is 31.2 Å². The molecule has 72 valence electrons. The van der Waals surface area contributed by atoms with Gasteiger partial charge in [0.2, 0.25) is 5.91 Å². The molecule has 13 heavy (non-hydrogen) atoms. The van der Waals surface area contributed by atoms with E-state index in [9.17, 15) is 4.79 Å². The third kappa shape index (κ3) is 3.59. The molecule has 0 aliphatic carbocycles. The van der Waals surface area contributed by atoms with Crippen molar-refractivity contribution in [1.29, 1.82) is 0 Å². The quantitative estimate of drug-likeness (QED) is 0.774. The molecule has 1 aromatic heterocycles. The van der Waals surface area contributed by atoms with Gasteiger partial charge in [-0.1, -0.05) is 15.9 Å². The Bertz CT molecular complexity index is 260. The second kappa shape index (κ2) is 5.01. The van der Waals surface area contributed by atoms with Crippen LogP contribution in [0.4, 0.5) is 0 Å². The van der Waals surface area contributed by atoms with Gasteiger partial charge in [0.1, 0.15) is 0 Å². The molecule has 1 atom stereocenters. The molecule has 0 aliphatic heterocycles. The second-order valence-electron chi connectivity index (χ2n) is 2.83. The lowest BCUT2D eigenvalue weighted by molar-refractivity contribution is -0.119. The van der Waals surface area contributed by atoms with E-state index in [0.717, 1.165) is 17.4 Å². The number of aromatic nitrogens is 2. The molecule has 0 fully saturated rings. The highest BCUT2D eigenvalue weighted by atomic mass is 79.9. The largest absolute Gasteiger partial charge is 0.352 e. The number of rotatable bonds is 4. The predicted molar refractivity (Wildman–Crippen MR) is 53.7 cm³/mol. The summed E-state index contributed by atoms with van der Waals surface area (Å²) in [5, 5.41) is 3.58. The highest BCUT2D eigenvalue weighted by Gasteiger charge is 2.09. The molecule has 0 saturated carbocycles. The minimum Gasteiger partial charge on any atom is -0.352 e. The number of nitrogens with zero attached hydrogens (tertiary/aromatic N) is 1. The van der Waals surface area contributed by atoms with Crippen molar-refractivity contribution >= 4 is 21.8 Å². The standard InChI is InChI=1S/C8H12BrN3O/c1-6(13)12-7(3-9)2-8-4-10-5-11-8/h4-5,7H,2-3H2,1H3,(H,10,11)(H,12,13). The van der Waals surface area contributed by atoms with E-state index in [4.69, 9.17) is 0 Å². The summed E-state index contributed by atoms with van der Waals surface area (Å²) >= 11 is 3.34. The Morgan fingerprint density at radius 2 is 2.62 bits per heavy atom. The number of hydrogen-bond donors (Lipinski definition) is 2. The minimum absolute atomic E-state index is 0.0102. The van der Waals surface area contributed by atoms with Crippen LogP contribution in [0.5, 0.6) is 0 Å². The van der Waals surface area contributed by atoms with Crippen LogP contribution in [0.25, 0.3) is 0 Å². The van der Waals surface area contributed by atoms with Crippen molar-refractivity contribution in [2.75, 3.05) is 5.33 Å². The van der Waals surface area contributed by atoms with E-state index >= 15 is 0 Å². The molecule has 1 amide bonds. The lowest BCUT2D eigenvalue weighted by Gasteiger charge is -2.13. The van der Waals surface area contributed by atoms with E-state index < -0.39 is 0 Å². The maximum Gasteiger partial charge on any atom is 0.217 e. The van der Waals surface area contributed by atoms with E-state index in [1.54, 1.807) is 12.5 Å². The Morgan fingerprint density at radius 3 is 3.08 bits per heavy atom. The Labute approximate surface area is 85.3 Å². The summed E-state index contributed by atoms with van der Waals surface area (Å²) in [6.45, 7) is 1.52. The van der Waals surface area contributed by atoms with E-state index in [-0.39, 0.29) is 11.9 Å². The first kappa shape index (κ1) is 10.2. The second-order valence-corrected chi connectivity index (χ2v) is 3.48. The zero-order valence-electron chi connectivity index (χ0n) is 7.38. The van der Waals surface area contributed by atoms with Gasteiger partial charge in [0.05, 0.1) is 6.33 Å². The van der Waals surface area contributed by atoms with Crippen molar-refractivity contribution in [3.63, 3.8) is 0 Å². The van der Waals surface area contributed by atoms with Crippen LogP contribution in [0.3, 0.4) is 0 Å². The summed E-state index contributed by atoms with van der Waals surface area (Å²) in [6, 6.07) is 0.123. The van der Waals surface area contributed by atoms with E-state index in [1.165, 1.54) is 6.92 Å². The Kier molecular flexibility index (Phi) is 3.95. The normalized spacial score (nSPS) is 12.5. The molecule has 1 aromatic rings. The maximum atomic E-state index is 10.8. The zero-order valence-corrected chi connectivity index (χ0v) is 8.97. The van der Waals surface area contributed by atoms with Crippen LogP contribution in [-0.2, 0) is 11.2 Å². The molecule has 0 radical (unpaired) electrons. The number of nitrogens with one attached hydrogen (secondary N) is 2. The molecule has 0 aromatic carbocycles. The molecule has 4 nitrogen and oxygen atoms in total. The van der Waals surface area contributed by atoms with Gasteiger partial charge in [-0.15, -0.1) is 0 Å². The van der Waals surface area contributed by atoms with Gasteiger partial charge in [-0.2, -0.15) is 0 Å². The van der Waals surface area contributed by atoms with Gasteiger partial charge in [-0.3, -0.25) is 4.79 Å². The minimum atomic E-state index is -0.0102. The monoisotopic (exact) mass is 245 g/mol. The van der Waals surface area contributed by atoms with Gasteiger partial charge in [-0.25, -0.2) is 4.98 Å². The fraction of sp³-hybridized carbons (Fsp3) is 0.500. The van der Waals surface area contributed by atoms with E-state index in [1.807, 2.05) is 0 Å². The van der Waals surface area contributed by atoms with Crippen molar-refractivity contribution < 1.29 is 4.79 Å². The highest BCUT2D eigenvalue weighted by Crippen LogP contribution is 2.01. The number of amides is 1. The molecule has 0 spiro atoms. The summed E-state index contributed by atoms with van der Waals surface area (Å²) in [7, 11) is 0. The first-order valence-electron chi connectivity index (χ1n) is 4.02. The third-order valence-electron chi connectivity index (χ3n) is 1.61. The van der Waals surface area contributed by atoms with Gasteiger partial charge < -0.3 is 10.3 Å². The number of alkyl halides is 1. The molecule has 5 heteroatoms. The number of carbonyl (C=O) groups is 1. The van der Waals surface area contributed by atoms with Gasteiger partial charge in [0, 0.05) is 36.6 Å². The summed E-state index contributed by atoms with van der Waals surface area (Å²) in [6.07, 6.45) is 4.16. The van der Waals surface area contributed by atoms with E-state index in [0.29, 0.717) is 0 Å². The molecule has 0 saturated heterocycles. The molecular weight excluding hydrogens is 234 g/mol. The van der Waals surface area contributed by atoms with Gasteiger partial charge in [0.15, 0.2) is 0 Å². The summed E-state index contributed by atoms with van der Waals surface area (Å²) in [5.41, 5.74) is 1.03. The predicted octanol–water partition coefficient (Wildman–Crippen LogP) is 0.852. The van der Waals surface area contributed by atoms with Crippen LogP contribution in [0.15, 0.2) is 12.5 Å². The van der Waals surface area contributed by atoms with Crippen molar-refractivity contribution in [3.8, 4) is 0 Å². The number of aromatic amines is 1. The van der Waals surface area contributed by atoms with Crippen molar-refractivity contribution in [2.45, 2.75) is 19.4 Å². The fourth-order valence-electron chi connectivity index (χ4n) is 1.09.